The number of carbonyl (C=O) groups excluding carboxylic acids is 2. The highest BCUT2D eigenvalue weighted by Gasteiger charge is 2.12. The van der Waals surface area contributed by atoms with E-state index in [4.69, 9.17) is 0 Å². The van der Waals surface area contributed by atoms with Crippen molar-refractivity contribution in [3.05, 3.63) is 59.9 Å². The Balaban J connectivity index is 1.56. The molecule has 7 nitrogen and oxygen atoms in total. The minimum absolute atomic E-state index is 0.0392. The Morgan fingerprint density at radius 1 is 1.04 bits per heavy atom. The van der Waals surface area contributed by atoms with Crippen molar-refractivity contribution >= 4 is 38.5 Å². The molecule has 26 heavy (non-hydrogen) atoms. The predicted molar refractivity (Wildman–Crippen MR) is 99.4 cm³/mol. The molecule has 0 saturated carbocycles. The predicted octanol–water partition coefficient (Wildman–Crippen LogP) is 3.54. The third-order valence-electron chi connectivity index (χ3n) is 3.82. The van der Waals surface area contributed by atoms with Gasteiger partial charge in [0.05, 0.1) is 11.9 Å². The smallest absolute Gasteiger partial charge is 0.257 e. The van der Waals surface area contributed by atoms with E-state index < -0.39 is 0 Å². The van der Waals surface area contributed by atoms with Crippen LogP contribution < -0.4 is 5.32 Å². The molecule has 0 unspecified atom stereocenters. The first-order valence-electron chi connectivity index (χ1n) is 7.79. The van der Waals surface area contributed by atoms with Gasteiger partial charge in [0.25, 0.3) is 5.91 Å². The van der Waals surface area contributed by atoms with Gasteiger partial charge >= 0.3 is 0 Å². The van der Waals surface area contributed by atoms with Crippen LogP contribution in [-0.2, 0) is 0 Å². The molecule has 0 aliphatic rings. The van der Waals surface area contributed by atoms with E-state index in [1.54, 1.807) is 36.7 Å². The second-order valence-electron chi connectivity index (χ2n) is 5.61. The number of H-pyrrole nitrogens is 1. The van der Waals surface area contributed by atoms with Gasteiger partial charge in [0.1, 0.15) is 10.3 Å². The molecule has 0 fully saturated rings. The van der Waals surface area contributed by atoms with Gasteiger partial charge in [-0.3, -0.25) is 20.0 Å². The molecule has 3 heterocycles. The van der Waals surface area contributed by atoms with Crippen LogP contribution in [0.3, 0.4) is 0 Å². The zero-order chi connectivity index (χ0) is 18.1. The lowest BCUT2D eigenvalue weighted by Gasteiger charge is -2.02. The van der Waals surface area contributed by atoms with Crippen LogP contribution in [0.5, 0.6) is 0 Å². The molecule has 1 amide bonds. The Hall–Kier alpha value is -3.39. The zero-order valence-electron chi connectivity index (χ0n) is 13.7. The molecule has 2 N–H and O–H groups in total. The lowest BCUT2D eigenvalue weighted by Crippen LogP contribution is -2.11. The van der Waals surface area contributed by atoms with Crippen LogP contribution >= 0.6 is 11.3 Å². The number of aromatic amines is 1. The number of hydrogen-bond donors (Lipinski definition) is 2. The normalized spacial score (nSPS) is 10.8. The maximum absolute atomic E-state index is 12.4. The molecule has 128 valence electrons. The van der Waals surface area contributed by atoms with Crippen LogP contribution in [0.1, 0.15) is 27.6 Å². The average molecular weight is 363 g/mol. The van der Waals surface area contributed by atoms with Crippen LogP contribution in [0.25, 0.3) is 21.6 Å². The first kappa shape index (κ1) is 16.1. The van der Waals surface area contributed by atoms with Crippen molar-refractivity contribution in [2.75, 3.05) is 5.32 Å². The van der Waals surface area contributed by atoms with Crippen molar-refractivity contribution < 1.29 is 9.59 Å². The number of thiazole rings is 1. The van der Waals surface area contributed by atoms with Crippen LogP contribution in [0, 0.1) is 0 Å². The number of hydrogen-bond acceptors (Lipinski definition) is 6. The standard InChI is InChI=1S/C18H13N5O2S/c1-10(24)11-2-4-12(5-3-11)16(25)23-18-22-15-7-6-14(21-17(15)26-18)13-8-19-20-9-13/h2-9H,1H3,(H,19,20)(H,22,23,25). The van der Waals surface area contributed by atoms with Gasteiger partial charge in [-0.2, -0.15) is 5.10 Å². The van der Waals surface area contributed by atoms with E-state index in [2.05, 4.69) is 25.5 Å². The molecule has 0 aliphatic carbocycles. The molecular weight excluding hydrogens is 350 g/mol. The fourth-order valence-electron chi connectivity index (χ4n) is 2.45. The summed E-state index contributed by atoms with van der Waals surface area (Å²) in [6, 6.07) is 10.2. The zero-order valence-corrected chi connectivity index (χ0v) is 14.5. The van der Waals surface area contributed by atoms with E-state index in [0.717, 1.165) is 16.1 Å². The molecule has 1 aromatic carbocycles. The third-order valence-corrected chi connectivity index (χ3v) is 4.70. The van der Waals surface area contributed by atoms with E-state index in [0.29, 0.717) is 21.8 Å². The van der Waals surface area contributed by atoms with Gasteiger partial charge in [0, 0.05) is 22.9 Å². The van der Waals surface area contributed by atoms with Crippen molar-refractivity contribution in [3.8, 4) is 11.3 Å². The highest BCUT2D eigenvalue weighted by Crippen LogP contribution is 2.27. The largest absolute Gasteiger partial charge is 0.298 e. The lowest BCUT2D eigenvalue weighted by molar-refractivity contribution is 0.101. The molecule has 0 saturated heterocycles. The van der Waals surface area contributed by atoms with Crippen LogP contribution in [-0.4, -0.2) is 31.9 Å². The summed E-state index contributed by atoms with van der Waals surface area (Å²) in [4.78, 5) is 33.3. The summed E-state index contributed by atoms with van der Waals surface area (Å²) >= 11 is 1.30. The molecule has 0 aliphatic heterocycles. The minimum atomic E-state index is -0.283. The number of benzene rings is 1. The number of aromatic nitrogens is 4. The number of Topliss-reactive ketones (excluding diaryl/α,β-unsaturated/α-hetero) is 1. The average Bonchev–Trinajstić information content (AvgIpc) is 3.30. The van der Waals surface area contributed by atoms with E-state index in [1.165, 1.54) is 18.3 Å². The number of amides is 1. The Morgan fingerprint density at radius 2 is 1.81 bits per heavy atom. The number of ketones is 1. The van der Waals surface area contributed by atoms with Crippen molar-refractivity contribution in [1.82, 2.24) is 20.2 Å². The van der Waals surface area contributed by atoms with E-state index in [1.807, 2.05) is 12.1 Å². The molecule has 3 aromatic heterocycles. The number of pyridine rings is 1. The maximum atomic E-state index is 12.4. The van der Waals surface area contributed by atoms with Crippen LogP contribution in [0.15, 0.2) is 48.8 Å². The summed E-state index contributed by atoms with van der Waals surface area (Å²) < 4.78 is 0. The number of nitrogens with one attached hydrogen (secondary N) is 2. The summed E-state index contributed by atoms with van der Waals surface area (Å²) in [5.74, 6) is -0.322. The highest BCUT2D eigenvalue weighted by atomic mass is 32.1. The number of nitrogens with zero attached hydrogens (tertiary/aromatic N) is 3. The monoisotopic (exact) mass is 363 g/mol. The Labute approximate surface area is 152 Å². The molecule has 0 bridgehead atoms. The molecule has 0 atom stereocenters. The van der Waals surface area contributed by atoms with E-state index >= 15 is 0 Å². The van der Waals surface area contributed by atoms with Gasteiger partial charge in [-0.15, -0.1) is 0 Å². The van der Waals surface area contributed by atoms with Gasteiger partial charge in [-0.05, 0) is 31.2 Å². The molecule has 4 aromatic rings. The van der Waals surface area contributed by atoms with E-state index in [9.17, 15) is 9.59 Å². The van der Waals surface area contributed by atoms with Gasteiger partial charge < -0.3 is 0 Å². The topological polar surface area (TPSA) is 101 Å². The summed E-state index contributed by atoms with van der Waals surface area (Å²) in [7, 11) is 0. The highest BCUT2D eigenvalue weighted by molar-refractivity contribution is 7.22. The number of carbonyl (C=O) groups is 2. The van der Waals surface area contributed by atoms with Crippen molar-refractivity contribution in [3.63, 3.8) is 0 Å². The van der Waals surface area contributed by atoms with Gasteiger partial charge in [-0.25, -0.2) is 9.97 Å². The fourth-order valence-corrected chi connectivity index (χ4v) is 3.28. The maximum Gasteiger partial charge on any atom is 0.257 e. The molecule has 0 radical (unpaired) electrons. The summed E-state index contributed by atoms with van der Waals surface area (Å²) in [5, 5.41) is 9.92. The summed E-state index contributed by atoms with van der Waals surface area (Å²) in [5.41, 5.74) is 3.41. The Morgan fingerprint density at radius 3 is 2.50 bits per heavy atom. The quantitative estimate of drug-likeness (QED) is 0.540. The van der Waals surface area contributed by atoms with E-state index in [-0.39, 0.29) is 11.7 Å². The van der Waals surface area contributed by atoms with Crippen LogP contribution in [0.2, 0.25) is 0 Å². The molecular formula is C18H13N5O2S. The van der Waals surface area contributed by atoms with Gasteiger partial charge in [0.2, 0.25) is 0 Å². The SMILES string of the molecule is CC(=O)c1ccc(C(=O)Nc2nc3ccc(-c4cn[nH]c4)nc3s2)cc1. The van der Waals surface area contributed by atoms with Crippen molar-refractivity contribution in [2.24, 2.45) is 0 Å². The first-order valence-corrected chi connectivity index (χ1v) is 8.61. The molecule has 0 spiro atoms. The molecule has 8 heteroatoms. The van der Waals surface area contributed by atoms with Crippen molar-refractivity contribution in [1.29, 1.82) is 0 Å². The number of anilines is 1. The second kappa shape index (κ2) is 6.49. The Kier molecular flexibility index (Phi) is 4.02. The van der Waals surface area contributed by atoms with Gasteiger partial charge in [0.15, 0.2) is 10.9 Å². The van der Waals surface area contributed by atoms with Gasteiger partial charge in [-0.1, -0.05) is 23.5 Å². The number of rotatable bonds is 4. The fraction of sp³-hybridized carbons (Fsp3) is 0.0556. The summed E-state index contributed by atoms with van der Waals surface area (Å²) in [6.45, 7) is 1.49. The summed E-state index contributed by atoms with van der Waals surface area (Å²) in [6.07, 6.45) is 3.46. The van der Waals surface area contributed by atoms with Crippen molar-refractivity contribution in [2.45, 2.75) is 6.92 Å². The minimum Gasteiger partial charge on any atom is -0.298 e. The molecule has 4 rings (SSSR count). The third kappa shape index (κ3) is 3.09. The number of fused-ring (bicyclic) bond motifs is 1. The second-order valence-corrected chi connectivity index (χ2v) is 6.59. The lowest BCUT2D eigenvalue weighted by atomic mass is 10.1. The Bertz CT molecular complexity index is 1100. The van der Waals surface area contributed by atoms with Crippen LogP contribution in [0.4, 0.5) is 5.13 Å². The first-order chi connectivity index (χ1) is 12.6.